The van der Waals surface area contributed by atoms with Crippen LogP contribution in [0.3, 0.4) is 0 Å². The van der Waals surface area contributed by atoms with Crippen molar-refractivity contribution in [3.63, 3.8) is 0 Å². The summed E-state index contributed by atoms with van der Waals surface area (Å²) in [6.45, 7) is 1.80. The van der Waals surface area contributed by atoms with Gasteiger partial charge in [-0.2, -0.15) is 0 Å². The second-order valence-corrected chi connectivity index (χ2v) is 11.8. The summed E-state index contributed by atoms with van der Waals surface area (Å²) in [7, 11) is 0. The molecule has 3 amide bonds. The molecular formula is C36H29ClN4O3S. The third kappa shape index (κ3) is 8.92. The minimum absolute atomic E-state index is 0.0934. The van der Waals surface area contributed by atoms with Crippen molar-refractivity contribution in [2.45, 2.75) is 17.1 Å². The molecule has 5 aromatic rings. The Labute approximate surface area is 270 Å². The summed E-state index contributed by atoms with van der Waals surface area (Å²) in [5.41, 5.74) is 3.93. The van der Waals surface area contributed by atoms with Crippen molar-refractivity contribution in [3.05, 3.63) is 149 Å². The van der Waals surface area contributed by atoms with Crippen LogP contribution >= 0.6 is 23.4 Å². The summed E-state index contributed by atoms with van der Waals surface area (Å²) in [4.78, 5) is 44.0. The second-order valence-electron chi connectivity index (χ2n) is 9.96. The molecule has 0 aliphatic heterocycles. The molecule has 1 unspecified atom stereocenters. The fourth-order valence-corrected chi connectivity index (χ4v) is 5.24. The van der Waals surface area contributed by atoms with E-state index in [1.807, 2.05) is 72.8 Å². The molecule has 0 spiro atoms. The number of benzene rings is 4. The lowest BCUT2D eigenvalue weighted by Gasteiger charge is -2.13. The van der Waals surface area contributed by atoms with Crippen LogP contribution in [0, 0.1) is 0 Å². The lowest BCUT2D eigenvalue weighted by Crippen LogP contribution is -2.30. The highest BCUT2D eigenvalue weighted by molar-refractivity contribution is 8.00. The quantitative estimate of drug-likeness (QED) is 0.107. The van der Waals surface area contributed by atoms with Gasteiger partial charge in [-0.1, -0.05) is 84.4 Å². The van der Waals surface area contributed by atoms with Gasteiger partial charge in [0, 0.05) is 22.3 Å². The Balaban J connectivity index is 1.27. The van der Waals surface area contributed by atoms with E-state index in [2.05, 4.69) is 20.9 Å². The number of rotatable bonds is 10. The molecule has 0 aliphatic rings. The van der Waals surface area contributed by atoms with Gasteiger partial charge >= 0.3 is 0 Å². The van der Waals surface area contributed by atoms with Gasteiger partial charge in [0.2, 0.25) is 5.91 Å². The Hall–Kier alpha value is -5.18. The first kappa shape index (κ1) is 31.3. The number of nitrogens with zero attached hydrogens (tertiary/aromatic N) is 1. The van der Waals surface area contributed by atoms with Crippen LogP contribution in [0.2, 0.25) is 5.02 Å². The van der Waals surface area contributed by atoms with Crippen molar-refractivity contribution in [2.24, 2.45) is 0 Å². The van der Waals surface area contributed by atoms with Crippen molar-refractivity contribution in [1.82, 2.24) is 10.3 Å². The van der Waals surface area contributed by atoms with E-state index in [4.69, 9.17) is 11.6 Å². The third-order valence-electron chi connectivity index (χ3n) is 6.63. The number of anilines is 2. The molecule has 7 nitrogen and oxygen atoms in total. The van der Waals surface area contributed by atoms with E-state index in [1.165, 1.54) is 18.0 Å². The zero-order valence-electron chi connectivity index (χ0n) is 24.2. The van der Waals surface area contributed by atoms with E-state index < -0.39 is 17.1 Å². The summed E-state index contributed by atoms with van der Waals surface area (Å²) < 4.78 is 0. The van der Waals surface area contributed by atoms with E-state index in [9.17, 15) is 14.4 Å². The number of carbonyl (C=O) groups is 3. The summed E-state index contributed by atoms with van der Waals surface area (Å²) in [5.74, 6) is -0.654. The number of hydrogen-bond acceptors (Lipinski definition) is 5. The number of halogens is 1. The standard InChI is InChI=1S/C36H29ClN4O3S/c1-24(34(42)41-33-21-16-29(37)23-38-33)45-31-19-17-30(18-20-31)39-36(44)32(40-35(43)28-10-6-3-7-11-28)22-25-12-14-27(15-13-25)26-8-4-2-5-9-26/h2-24H,1H3,(H,39,44)(H,40,43)(H,38,41,42)/b32-22-. The zero-order chi connectivity index (χ0) is 31.6. The minimum Gasteiger partial charge on any atom is -0.321 e. The van der Waals surface area contributed by atoms with Gasteiger partial charge in [0.05, 0.1) is 10.3 Å². The molecule has 45 heavy (non-hydrogen) atoms. The maximum absolute atomic E-state index is 13.5. The first-order valence-corrected chi connectivity index (χ1v) is 15.3. The van der Waals surface area contributed by atoms with E-state index in [1.54, 1.807) is 61.5 Å². The van der Waals surface area contributed by atoms with Crippen LogP contribution in [-0.4, -0.2) is 28.0 Å². The summed E-state index contributed by atoms with van der Waals surface area (Å²) in [5, 5.41) is 8.49. The lowest BCUT2D eigenvalue weighted by atomic mass is 10.0. The van der Waals surface area contributed by atoms with Crippen molar-refractivity contribution >= 4 is 58.7 Å². The summed E-state index contributed by atoms with van der Waals surface area (Å²) in [6, 6.07) is 36.9. The van der Waals surface area contributed by atoms with E-state index in [-0.39, 0.29) is 11.6 Å². The molecule has 1 heterocycles. The SMILES string of the molecule is CC(Sc1ccc(NC(=O)/C(=C/c2ccc(-c3ccccc3)cc2)NC(=O)c2ccccc2)cc1)C(=O)Nc1ccc(Cl)cn1. The highest BCUT2D eigenvalue weighted by Gasteiger charge is 2.17. The van der Waals surface area contributed by atoms with Crippen LogP contribution in [0.1, 0.15) is 22.8 Å². The van der Waals surface area contributed by atoms with E-state index in [0.717, 1.165) is 21.6 Å². The lowest BCUT2D eigenvalue weighted by molar-refractivity contribution is -0.115. The number of aromatic nitrogens is 1. The van der Waals surface area contributed by atoms with Crippen LogP contribution in [0.15, 0.2) is 138 Å². The minimum atomic E-state index is -0.477. The van der Waals surface area contributed by atoms with Crippen molar-refractivity contribution in [1.29, 1.82) is 0 Å². The second kappa shape index (κ2) is 15.0. The van der Waals surface area contributed by atoms with Crippen LogP contribution < -0.4 is 16.0 Å². The predicted molar refractivity (Wildman–Crippen MR) is 182 cm³/mol. The molecule has 0 aliphatic carbocycles. The Morgan fingerprint density at radius 3 is 2.04 bits per heavy atom. The molecular weight excluding hydrogens is 604 g/mol. The van der Waals surface area contributed by atoms with Gasteiger partial charge in [-0.25, -0.2) is 4.98 Å². The topological polar surface area (TPSA) is 100 Å². The number of hydrogen-bond donors (Lipinski definition) is 3. The normalized spacial score (nSPS) is 11.7. The third-order valence-corrected chi connectivity index (χ3v) is 7.97. The fourth-order valence-electron chi connectivity index (χ4n) is 4.26. The maximum atomic E-state index is 13.5. The van der Waals surface area contributed by atoms with Crippen LogP contribution in [0.25, 0.3) is 17.2 Å². The molecule has 0 saturated heterocycles. The van der Waals surface area contributed by atoms with Crippen molar-refractivity contribution in [2.75, 3.05) is 10.6 Å². The number of amides is 3. The van der Waals surface area contributed by atoms with Gasteiger partial charge in [-0.15, -0.1) is 11.8 Å². The molecule has 0 radical (unpaired) electrons. The number of pyridine rings is 1. The molecule has 224 valence electrons. The van der Waals surface area contributed by atoms with Gasteiger partial charge in [0.15, 0.2) is 0 Å². The first-order chi connectivity index (χ1) is 21.8. The molecule has 0 saturated carbocycles. The predicted octanol–water partition coefficient (Wildman–Crippen LogP) is 7.93. The van der Waals surface area contributed by atoms with Gasteiger partial charge in [-0.05, 0) is 78.2 Å². The number of nitrogens with one attached hydrogen (secondary N) is 3. The van der Waals surface area contributed by atoms with Crippen LogP contribution in [-0.2, 0) is 9.59 Å². The van der Waals surface area contributed by atoms with Crippen LogP contribution in [0.4, 0.5) is 11.5 Å². The van der Waals surface area contributed by atoms with Gasteiger partial charge in [0.1, 0.15) is 11.5 Å². The van der Waals surface area contributed by atoms with Gasteiger partial charge < -0.3 is 16.0 Å². The molecule has 0 fully saturated rings. The zero-order valence-corrected chi connectivity index (χ0v) is 25.8. The van der Waals surface area contributed by atoms with Crippen molar-refractivity contribution < 1.29 is 14.4 Å². The molecule has 0 bridgehead atoms. The molecule has 9 heteroatoms. The largest absolute Gasteiger partial charge is 0.321 e. The van der Waals surface area contributed by atoms with Gasteiger partial charge in [0.25, 0.3) is 11.8 Å². The van der Waals surface area contributed by atoms with Crippen molar-refractivity contribution in [3.8, 4) is 11.1 Å². The Bertz CT molecular complexity index is 1800. The molecule has 1 aromatic heterocycles. The fraction of sp³-hybridized carbons (Fsp3) is 0.0556. The Morgan fingerprint density at radius 1 is 0.756 bits per heavy atom. The van der Waals surface area contributed by atoms with Crippen LogP contribution in [0.5, 0.6) is 0 Å². The monoisotopic (exact) mass is 632 g/mol. The molecule has 4 aromatic carbocycles. The first-order valence-electron chi connectivity index (χ1n) is 14.1. The molecule has 5 rings (SSSR count). The number of carbonyl (C=O) groups excluding carboxylic acids is 3. The molecule has 1 atom stereocenters. The molecule has 3 N–H and O–H groups in total. The van der Waals surface area contributed by atoms with E-state index >= 15 is 0 Å². The highest BCUT2D eigenvalue weighted by Crippen LogP contribution is 2.26. The number of thioether (sulfide) groups is 1. The average molecular weight is 633 g/mol. The highest BCUT2D eigenvalue weighted by atomic mass is 35.5. The maximum Gasteiger partial charge on any atom is 0.272 e. The van der Waals surface area contributed by atoms with E-state index in [0.29, 0.717) is 22.1 Å². The average Bonchev–Trinajstić information content (AvgIpc) is 3.07. The summed E-state index contributed by atoms with van der Waals surface area (Å²) in [6.07, 6.45) is 3.11. The smallest absolute Gasteiger partial charge is 0.272 e. The Morgan fingerprint density at radius 2 is 1.40 bits per heavy atom. The Kier molecular flexibility index (Phi) is 10.4. The van der Waals surface area contributed by atoms with Gasteiger partial charge in [-0.3, -0.25) is 14.4 Å². The summed E-state index contributed by atoms with van der Waals surface area (Å²) >= 11 is 7.23.